The van der Waals surface area contributed by atoms with Crippen LogP contribution in [0.25, 0.3) is 0 Å². The van der Waals surface area contributed by atoms with Crippen LogP contribution in [0.2, 0.25) is 0 Å². The number of alkyl halides is 3. The number of halogens is 3. The normalized spacial score (nSPS) is 18.2. The van der Waals surface area contributed by atoms with Crippen LogP contribution >= 0.6 is 0 Å². The summed E-state index contributed by atoms with van der Waals surface area (Å²) in [5.41, 5.74) is 0.147. The molecule has 1 heterocycles. The second-order valence-electron chi connectivity index (χ2n) is 4.64. The lowest BCUT2D eigenvalue weighted by atomic mass is 9.94. The van der Waals surface area contributed by atoms with Crippen molar-refractivity contribution in [2.75, 3.05) is 0 Å². The smallest absolute Gasteiger partial charge is 0.487 e. The van der Waals surface area contributed by atoms with Gasteiger partial charge in [0.2, 0.25) is 0 Å². The van der Waals surface area contributed by atoms with Crippen molar-refractivity contribution in [1.82, 2.24) is 0 Å². The zero-order valence-corrected chi connectivity index (χ0v) is 9.60. The molecular formula is C12H13F3O2. The van der Waals surface area contributed by atoms with Crippen LogP contribution in [0.4, 0.5) is 13.2 Å². The zero-order valence-electron chi connectivity index (χ0n) is 9.60. The Balaban J connectivity index is 2.32. The van der Waals surface area contributed by atoms with E-state index in [2.05, 4.69) is 4.74 Å². The molecule has 0 atom stereocenters. The Morgan fingerprint density at radius 3 is 2.65 bits per heavy atom. The van der Waals surface area contributed by atoms with Crippen LogP contribution in [0.5, 0.6) is 11.5 Å². The molecule has 1 aliphatic rings. The number of hydrogen-bond acceptors (Lipinski definition) is 2. The summed E-state index contributed by atoms with van der Waals surface area (Å²) in [5, 5.41) is 0. The van der Waals surface area contributed by atoms with Gasteiger partial charge in [-0.3, -0.25) is 0 Å². The molecule has 0 unspecified atom stereocenters. The van der Waals surface area contributed by atoms with Crippen LogP contribution in [0.15, 0.2) is 18.2 Å². The molecule has 2 rings (SSSR count). The van der Waals surface area contributed by atoms with E-state index < -0.39 is 6.36 Å². The molecule has 0 spiro atoms. The Labute approximate surface area is 97.3 Å². The lowest BCUT2D eigenvalue weighted by molar-refractivity contribution is -0.275. The first-order valence-corrected chi connectivity index (χ1v) is 5.33. The van der Waals surface area contributed by atoms with Crippen molar-refractivity contribution in [3.05, 3.63) is 23.8 Å². The van der Waals surface area contributed by atoms with Gasteiger partial charge in [0.05, 0.1) is 0 Å². The molecule has 2 nitrogen and oxygen atoms in total. The van der Waals surface area contributed by atoms with Crippen LogP contribution in [-0.2, 0) is 6.42 Å². The van der Waals surface area contributed by atoms with E-state index in [-0.39, 0.29) is 11.4 Å². The minimum Gasteiger partial charge on any atom is -0.487 e. The fraction of sp³-hybridized carbons (Fsp3) is 0.500. The highest BCUT2D eigenvalue weighted by molar-refractivity contribution is 5.46. The average Bonchev–Trinajstić information content (AvgIpc) is 2.13. The topological polar surface area (TPSA) is 18.5 Å². The minimum absolute atomic E-state index is 0.162. The maximum absolute atomic E-state index is 12.2. The summed E-state index contributed by atoms with van der Waals surface area (Å²) in [7, 11) is 0. The molecule has 5 heteroatoms. The Morgan fingerprint density at radius 2 is 2.00 bits per heavy atom. The summed E-state index contributed by atoms with van der Waals surface area (Å²) in [6.07, 6.45) is -3.48. The van der Waals surface area contributed by atoms with Gasteiger partial charge in [0.1, 0.15) is 17.1 Å². The van der Waals surface area contributed by atoms with Gasteiger partial charge in [-0.2, -0.15) is 0 Å². The first kappa shape index (κ1) is 12.1. The third-order valence-corrected chi connectivity index (χ3v) is 2.68. The summed E-state index contributed by atoms with van der Waals surface area (Å²) in [5.74, 6) is 0.313. The summed E-state index contributed by atoms with van der Waals surface area (Å²) in [4.78, 5) is 0. The van der Waals surface area contributed by atoms with Crippen LogP contribution in [-0.4, -0.2) is 12.0 Å². The number of ether oxygens (including phenoxy) is 2. The molecule has 0 saturated carbocycles. The average molecular weight is 246 g/mol. The summed E-state index contributed by atoms with van der Waals surface area (Å²) >= 11 is 0. The summed E-state index contributed by atoms with van der Waals surface area (Å²) in [6.45, 7) is 3.82. The van der Waals surface area contributed by atoms with E-state index in [4.69, 9.17) is 4.74 Å². The van der Waals surface area contributed by atoms with Crippen molar-refractivity contribution in [2.45, 2.75) is 38.7 Å². The van der Waals surface area contributed by atoms with Crippen LogP contribution in [0.3, 0.4) is 0 Å². The Bertz CT molecular complexity index is 424. The molecule has 0 bridgehead atoms. The molecule has 1 aliphatic heterocycles. The molecule has 94 valence electrons. The van der Waals surface area contributed by atoms with Gasteiger partial charge in [0.25, 0.3) is 0 Å². The highest BCUT2D eigenvalue weighted by atomic mass is 19.4. The maximum Gasteiger partial charge on any atom is 0.573 e. The zero-order chi connectivity index (χ0) is 12.7. The number of fused-ring (bicyclic) bond motifs is 1. The Morgan fingerprint density at radius 1 is 1.29 bits per heavy atom. The number of rotatable bonds is 1. The first-order chi connectivity index (χ1) is 7.77. The van der Waals surface area contributed by atoms with Crippen LogP contribution < -0.4 is 9.47 Å². The fourth-order valence-electron chi connectivity index (χ4n) is 1.88. The molecule has 0 N–H and O–H groups in total. The first-order valence-electron chi connectivity index (χ1n) is 5.33. The molecule has 0 radical (unpaired) electrons. The molecule has 17 heavy (non-hydrogen) atoms. The lowest BCUT2D eigenvalue weighted by Crippen LogP contribution is -2.33. The van der Waals surface area contributed by atoms with Crippen LogP contribution in [0.1, 0.15) is 25.8 Å². The quantitative estimate of drug-likeness (QED) is 0.752. The standard InChI is InChI=1S/C12H13F3O2/c1-11(2)7-6-8-9(16-11)4-3-5-10(8)17-12(13,14)15/h3-5H,6-7H2,1-2H3. The van der Waals surface area contributed by atoms with Crippen molar-refractivity contribution in [2.24, 2.45) is 0 Å². The molecule has 0 saturated heterocycles. The van der Waals surface area contributed by atoms with Crippen molar-refractivity contribution in [3.8, 4) is 11.5 Å². The maximum atomic E-state index is 12.2. The van der Waals surface area contributed by atoms with Gasteiger partial charge >= 0.3 is 6.36 Å². The van der Waals surface area contributed by atoms with Crippen molar-refractivity contribution in [1.29, 1.82) is 0 Å². The van der Waals surface area contributed by atoms with Gasteiger partial charge in [0, 0.05) is 5.56 Å². The van der Waals surface area contributed by atoms with E-state index in [1.807, 2.05) is 13.8 Å². The van der Waals surface area contributed by atoms with Crippen LogP contribution in [0, 0.1) is 0 Å². The molecule has 0 amide bonds. The van der Waals surface area contributed by atoms with E-state index in [0.29, 0.717) is 24.2 Å². The Hall–Kier alpha value is -1.39. The highest BCUT2D eigenvalue weighted by Crippen LogP contribution is 2.39. The predicted molar refractivity (Wildman–Crippen MR) is 56.2 cm³/mol. The molecule has 1 aromatic carbocycles. The second kappa shape index (κ2) is 3.82. The predicted octanol–water partition coefficient (Wildman–Crippen LogP) is 3.69. The fourth-order valence-corrected chi connectivity index (χ4v) is 1.88. The van der Waals surface area contributed by atoms with Gasteiger partial charge in [-0.15, -0.1) is 13.2 Å². The monoisotopic (exact) mass is 246 g/mol. The third kappa shape index (κ3) is 2.84. The van der Waals surface area contributed by atoms with E-state index in [1.165, 1.54) is 12.1 Å². The summed E-state index contributed by atoms with van der Waals surface area (Å²) in [6, 6.07) is 4.48. The van der Waals surface area contributed by atoms with Gasteiger partial charge < -0.3 is 9.47 Å². The number of benzene rings is 1. The van der Waals surface area contributed by atoms with E-state index in [9.17, 15) is 13.2 Å². The van der Waals surface area contributed by atoms with Crippen molar-refractivity contribution in [3.63, 3.8) is 0 Å². The SMILES string of the molecule is CC1(C)CCc2c(OC(F)(F)F)cccc2O1. The van der Waals surface area contributed by atoms with Crippen molar-refractivity contribution >= 4 is 0 Å². The van der Waals surface area contributed by atoms with Crippen molar-refractivity contribution < 1.29 is 22.6 Å². The summed E-state index contributed by atoms with van der Waals surface area (Å²) < 4.78 is 46.2. The minimum atomic E-state index is -4.66. The molecule has 1 aromatic rings. The van der Waals surface area contributed by atoms with Gasteiger partial charge in [-0.05, 0) is 38.8 Å². The van der Waals surface area contributed by atoms with E-state index in [0.717, 1.165) is 0 Å². The van der Waals surface area contributed by atoms with Gasteiger partial charge in [0.15, 0.2) is 0 Å². The molecular weight excluding hydrogens is 233 g/mol. The number of hydrogen-bond donors (Lipinski definition) is 0. The third-order valence-electron chi connectivity index (χ3n) is 2.68. The highest BCUT2D eigenvalue weighted by Gasteiger charge is 2.34. The Kier molecular flexibility index (Phi) is 2.72. The van der Waals surface area contributed by atoms with E-state index in [1.54, 1.807) is 6.07 Å². The van der Waals surface area contributed by atoms with E-state index >= 15 is 0 Å². The second-order valence-corrected chi connectivity index (χ2v) is 4.64. The molecule has 0 aliphatic carbocycles. The lowest BCUT2D eigenvalue weighted by Gasteiger charge is -2.33. The van der Waals surface area contributed by atoms with Gasteiger partial charge in [-0.1, -0.05) is 6.07 Å². The largest absolute Gasteiger partial charge is 0.573 e. The molecule has 0 aromatic heterocycles. The van der Waals surface area contributed by atoms with Gasteiger partial charge in [-0.25, -0.2) is 0 Å². The molecule has 0 fully saturated rings.